The van der Waals surface area contributed by atoms with Crippen LogP contribution in [0, 0.1) is 0 Å². The Kier molecular flexibility index (Phi) is 5.46. The van der Waals surface area contributed by atoms with Crippen LogP contribution in [0.4, 0.5) is 10.6 Å². The fourth-order valence-electron chi connectivity index (χ4n) is 3.01. The van der Waals surface area contributed by atoms with E-state index in [9.17, 15) is 9.59 Å². The van der Waals surface area contributed by atoms with Crippen molar-refractivity contribution in [1.82, 2.24) is 14.5 Å². The quantitative estimate of drug-likeness (QED) is 0.886. The predicted molar refractivity (Wildman–Crippen MR) is 101 cm³/mol. The van der Waals surface area contributed by atoms with Crippen LogP contribution in [0.25, 0.3) is 0 Å². The molecule has 1 aromatic heterocycles. The average Bonchev–Trinajstić information content (AvgIpc) is 2.63. The Hall–Kier alpha value is -2.87. The lowest BCUT2D eigenvalue weighted by Gasteiger charge is -2.42. The van der Waals surface area contributed by atoms with E-state index in [0.717, 1.165) is 5.75 Å². The zero-order valence-corrected chi connectivity index (χ0v) is 15.7. The number of nitrogens with one attached hydrogen (secondary N) is 1. The Bertz CT molecular complexity index is 850. The lowest BCUT2D eigenvalue weighted by molar-refractivity contribution is -0.134. The molecule has 1 aliphatic heterocycles. The van der Waals surface area contributed by atoms with E-state index < -0.39 is 5.60 Å². The fourth-order valence-corrected chi connectivity index (χ4v) is 3.01. The summed E-state index contributed by atoms with van der Waals surface area (Å²) >= 11 is 0. The number of ether oxygens (including phenoxy) is 2. The summed E-state index contributed by atoms with van der Waals surface area (Å²) in [4.78, 5) is 30.3. The van der Waals surface area contributed by atoms with Gasteiger partial charge in [0.1, 0.15) is 18.5 Å². The van der Waals surface area contributed by atoms with Crippen molar-refractivity contribution in [3.63, 3.8) is 0 Å². The third kappa shape index (κ3) is 4.85. The van der Waals surface area contributed by atoms with Crippen LogP contribution in [-0.2, 0) is 11.8 Å². The van der Waals surface area contributed by atoms with Crippen molar-refractivity contribution in [2.75, 3.05) is 25.0 Å². The van der Waals surface area contributed by atoms with Crippen LogP contribution in [0.1, 0.15) is 13.8 Å². The number of carbonyl (C=O) groups is 1. The smallest absolute Gasteiger partial charge is 0.323 e. The zero-order chi connectivity index (χ0) is 19.4. The van der Waals surface area contributed by atoms with Gasteiger partial charge in [0, 0.05) is 19.4 Å². The number of carbonyl (C=O) groups excluding carboxylic acids is 1. The van der Waals surface area contributed by atoms with Gasteiger partial charge < -0.3 is 18.9 Å². The van der Waals surface area contributed by atoms with E-state index in [1.165, 1.54) is 17.0 Å². The molecule has 1 fully saturated rings. The number of morpholine rings is 1. The molecule has 2 aromatic rings. The monoisotopic (exact) mass is 372 g/mol. The molecule has 0 saturated carbocycles. The van der Waals surface area contributed by atoms with Crippen molar-refractivity contribution >= 4 is 11.8 Å². The molecule has 1 aromatic carbocycles. The maximum atomic E-state index is 12.7. The molecule has 0 radical (unpaired) electrons. The van der Waals surface area contributed by atoms with E-state index in [0.29, 0.717) is 19.7 Å². The minimum atomic E-state index is -0.532. The summed E-state index contributed by atoms with van der Waals surface area (Å²) in [5.74, 6) is 0.754. The van der Waals surface area contributed by atoms with E-state index in [-0.39, 0.29) is 23.5 Å². The number of rotatable bonds is 4. The number of nitrogens with zero attached hydrogens (tertiary/aromatic N) is 3. The molecule has 2 heterocycles. The highest BCUT2D eigenvalue weighted by molar-refractivity contribution is 5.88. The molecule has 0 aliphatic carbocycles. The summed E-state index contributed by atoms with van der Waals surface area (Å²) in [6.45, 7) is 4.91. The molecule has 1 saturated heterocycles. The summed E-state index contributed by atoms with van der Waals surface area (Å²) in [6.07, 6.45) is 2.72. The molecular formula is C19H24N4O4. The maximum Gasteiger partial charge on any atom is 0.323 e. The number of aromatic nitrogens is 2. The summed E-state index contributed by atoms with van der Waals surface area (Å²) in [5.41, 5.74) is -0.891. The van der Waals surface area contributed by atoms with Crippen molar-refractivity contribution in [2.45, 2.75) is 25.6 Å². The summed E-state index contributed by atoms with van der Waals surface area (Å²) in [6, 6.07) is 9.07. The average molecular weight is 372 g/mol. The summed E-state index contributed by atoms with van der Waals surface area (Å²) in [5, 5.41) is 2.60. The van der Waals surface area contributed by atoms with Crippen molar-refractivity contribution < 1.29 is 14.3 Å². The molecule has 2 amide bonds. The number of aryl methyl sites for hydroxylation is 1. The second-order valence-corrected chi connectivity index (χ2v) is 7.13. The number of anilines is 1. The van der Waals surface area contributed by atoms with Gasteiger partial charge in [-0.2, -0.15) is 0 Å². The summed E-state index contributed by atoms with van der Waals surface area (Å²) in [7, 11) is 1.61. The minimum Gasteiger partial charge on any atom is -0.491 e. The van der Waals surface area contributed by atoms with Gasteiger partial charge >= 0.3 is 6.03 Å². The topological polar surface area (TPSA) is 85.7 Å². The second kappa shape index (κ2) is 7.79. The van der Waals surface area contributed by atoms with Crippen molar-refractivity contribution in [3.05, 3.63) is 53.1 Å². The molecule has 0 spiro atoms. The first-order valence-corrected chi connectivity index (χ1v) is 8.77. The molecule has 1 unspecified atom stereocenters. The highest BCUT2D eigenvalue weighted by Crippen LogP contribution is 2.22. The standard InChI is InChI=1S/C19H24N4O4/c1-19(2)13-23(18(25)21-16-17(24)22(3)10-9-20-16)11-15(27-19)12-26-14-7-5-4-6-8-14/h4-10,15H,11-13H2,1-3H3,(H,20,21,25). The van der Waals surface area contributed by atoms with Crippen LogP contribution < -0.4 is 15.6 Å². The minimum absolute atomic E-state index is 0.00591. The molecule has 1 aliphatic rings. The first-order chi connectivity index (χ1) is 12.8. The number of benzene rings is 1. The van der Waals surface area contributed by atoms with Gasteiger partial charge in [-0.3, -0.25) is 10.1 Å². The predicted octanol–water partition coefficient (Wildman–Crippen LogP) is 1.87. The molecule has 8 heteroatoms. The van der Waals surface area contributed by atoms with Gasteiger partial charge in [0.15, 0.2) is 0 Å². The van der Waals surface area contributed by atoms with Crippen LogP contribution in [0.3, 0.4) is 0 Å². The third-order valence-corrected chi connectivity index (χ3v) is 4.19. The number of hydrogen-bond donors (Lipinski definition) is 1. The molecule has 8 nitrogen and oxygen atoms in total. The molecule has 3 rings (SSSR count). The van der Waals surface area contributed by atoms with Gasteiger partial charge in [-0.1, -0.05) is 18.2 Å². The maximum absolute atomic E-state index is 12.7. The third-order valence-electron chi connectivity index (χ3n) is 4.19. The Labute approximate surface area is 157 Å². The van der Waals surface area contributed by atoms with Crippen LogP contribution in [0.15, 0.2) is 47.5 Å². The van der Waals surface area contributed by atoms with E-state index in [2.05, 4.69) is 10.3 Å². The van der Waals surface area contributed by atoms with E-state index in [4.69, 9.17) is 9.47 Å². The Morgan fingerprint density at radius 3 is 2.85 bits per heavy atom. The lowest BCUT2D eigenvalue weighted by Crippen LogP contribution is -2.57. The Morgan fingerprint density at radius 2 is 2.11 bits per heavy atom. The number of urea groups is 1. The number of para-hydroxylation sites is 1. The van der Waals surface area contributed by atoms with E-state index >= 15 is 0 Å². The van der Waals surface area contributed by atoms with Gasteiger partial charge in [-0.25, -0.2) is 9.78 Å². The Morgan fingerprint density at radius 1 is 1.37 bits per heavy atom. The van der Waals surface area contributed by atoms with E-state index in [1.807, 2.05) is 44.2 Å². The molecular weight excluding hydrogens is 348 g/mol. The van der Waals surface area contributed by atoms with Crippen LogP contribution >= 0.6 is 0 Å². The van der Waals surface area contributed by atoms with Crippen LogP contribution in [-0.4, -0.2) is 51.9 Å². The van der Waals surface area contributed by atoms with Gasteiger partial charge in [-0.15, -0.1) is 0 Å². The van der Waals surface area contributed by atoms with Crippen molar-refractivity contribution in [3.8, 4) is 5.75 Å². The van der Waals surface area contributed by atoms with Gasteiger partial charge in [0.05, 0.1) is 18.7 Å². The lowest BCUT2D eigenvalue weighted by atomic mass is 10.1. The van der Waals surface area contributed by atoms with Gasteiger partial charge in [0.25, 0.3) is 5.56 Å². The molecule has 1 N–H and O–H groups in total. The SMILES string of the molecule is Cn1ccnc(NC(=O)N2CC(COc3ccccc3)OC(C)(C)C2)c1=O. The highest BCUT2D eigenvalue weighted by atomic mass is 16.5. The molecule has 0 bridgehead atoms. The van der Waals surface area contributed by atoms with Gasteiger partial charge in [-0.05, 0) is 26.0 Å². The fraction of sp³-hybridized carbons (Fsp3) is 0.421. The molecule has 1 atom stereocenters. The van der Waals surface area contributed by atoms with Crippen LogP contribution in [0.5, 0.6) is 5.75 Å². The molecule has 144 valence electrons. The normalized spacial score (nSPS) is 18.8. The first kappa shape index (κ1) is 18.9. The highest BCUT2D eigenvalue weighted by Gasteiger charge is 2.36. The van der Waals surface area contributed by atoms with Gasteiger partial charge in [0.2, 0.25) is 5.82 Å². The van der Waals surface area contributed by atoms with E-state index in [1.54, 1.807) is 11.9 Å². The number of amides is 2. The number of hydrogen-bond acceptors (Lipinski definition) is 5. The summed E-state index contributed by atoms with van der Waals surface area (Å²) < 4.78 is 13.2. The van der Waals surface area contributed by atoms with Crippen molar-refractivity contribution in [1.29, 1.82) is 0 Å². The second-order valence-electron chi connectivity index (χ2n) is 7.13. The van der Waals surface area contributed by atoms with Crippen molar-refractivity contribution in [2.24, 2.45) is 7.05 Å². The van der Waals surface area contributed by atoms with Crippen LogP contribution in [0.2, 0.25) is 0 Å². The first-order valence-electron chi connectivity index (χ1n) is 8.77. The zero-order valence-electron chi connectivity index (χ0n) is 15.7. The largest absolute Gasteiger partial charge is 0.491 e. The molecule has 27 heavy (non-hydrogen) atoms. The Balaban J connectivity index is 1.66.